The summed E-state index contributed by atoms with van der Waals surface area (Å²) in [5, 5.41) is 2.84. The molecule has 0 bridgehead atoms. The standard InChI is InChI=1S/C11H17NO/c1-3-4-8-12-11(13)10-7-5-6-9(10)2/h9-10H,5-8H2,1-2H3,(H,12,13). The van der Waals surface area contributed by atoms with Crippen LogP contribution >= 0.6 is 0 Å². The minimum absolute atomic E-state index is 0.188. The summed E-state index contributed by atoms with van der Waals surface area (Å²) in [5.74, 6) is 6.57. The number of amides is 1. The largest absolute Gasteiger partial charge is 0.345 e. The van der Waals surface area contributed by atoms with Crippen LogP contribution < -0.4 is 5.32 Å². The summed E-state index contributed by atoms with van der Waals surface area (Å²) < 4.78 is 0. The molecule has 0 spiro atoms. The monoisotopic (exact) mass is 179 g/mol. The Balaban J connectivity index is 2.33. The van der Waals surface area contributed by atoms with Crippen LogP contribution in [0.5, 0.6) is 0 Å². The van der Waals surface area contributed by atoms with E-state index in [4.69, 9.17) is 0 Å². The molecule has 0 radical (unpaired) electrons. The van der Waals surface area contributed by atoms with Gasteiger partial charge in [-0.2, -0.15) is 0 Å². The first kappa shape index (κ1) is 10.1. The Morgan fingerprint density at radius 3 is 2.85 bits per heavy atom. The van der Waals surface area contributed by atoms with E-state index in [1.807, 2.05) is 0 Å². The van der Waals surface area contributed by atoms with Crippen LogP contribution in [-0.2, 0) is 4.79 Å². The Labute approximate surface area is 80.1 Å². The van der Waals surface area contributed by atoms with Gasteiger partial charge in [0.25, 0.3) is 0 Å². The molecule has 13 heavy (non-hydrogen) atoms. The molecule has 2 atom stereocenters. The van der Waals surface area contributed by atoms with Crippen molar-refractivity contribution in [2.45, 2.75) is 33.1 Å². The maximum Gasteiger partial charge on any atom is 0.224 e. The fraction of sp³-hybridized carbons (Fsp3) is 0.727. The zero-order valence-corrected chi connectivity index (χ0v) is 8.39. The summed E-state index contributed by atoms with van der Waals surface area (Å²) in [4.78, 5) is 11.6. The Morgan fingerprint density at radius 2 is 2.31 bits per heavy atom. The zero-order chi connectivity index (χ0) is 9.68. The average molecular weight is 179 g/mol. The normalized spacial score (nSPS) is 26.3. The van der Waals surface area contributed by atoms with Crippen molar-refractivity contribution in [3.8, 4) is 11.8 Å². The Bertz CT molecular complexity index is 236. The highest BCUT2D eigenvalue weighted by Crippen LogP contribution is 2.30. The molecule has 2 nitrogen and oxygen atoms in total. The fourth-order valence-electron chi connectivity index (χ4n) is 1.89. The van der Waals surface area contributed by atoms with E-state index in [0.717, 1.165) is 6.42 Å². The zero-order valence-electron chi connectivity index (χ0n) is 8.39. The maximum absolute atomic E-state index is 11.6. The van der Waals surface area contributed by atoms with Crippen molar-refractivity contribution in [1.29, 1.82) is 0 Å². The quantitative estimate of drug-likeness (QED) is 0.640. The smallest absolute Gasteiger partial charge is 0.224 e. The van der Waals surface area contributed by atoms with E-state index >= 15 is 0 Å². The van der Waals surface area contributed by atoms with Crippen molar-refractivity contribution >= 4 is 5.91 Å². The summed E-state index contributed by atoms with van der Waals surface area (Å²) in [7, 11) is 0. The third kappa shape index (κ3) is 2.77. The first-order valence-corrected chi connectivity index (χ1v) is 4.93. The predicted molar refractivity (Wildman–Crippen MR) is 53.0 cm³/mol. The number of hydrogen-bond acceptors (Lipinski definition) is 1. The van der Waals surface area contributed by atoms with Gasteiger partial charge in [-0.25, -0.2) is 0 Å². The average Bonchev–Trinajstić information content (AvgIpc) is 2.52. The highest BCUT2D eigenvalue weighted by atomic mass is 16.1. The van der Waals surface area contributed by atoms with Crippen molar-refractivity contribution < 1.29 is 4.79 Å². The molecule has 72 valence electrons. The van der Waals surface area contributed by atoms with E-state index in [1.165, 1.54) is 12.8 Å². The molecule has 0 aromatic carbocycles. The molecule has 0 aromatic heterocycles. The molecule has 2 heteroatoms. The van der Waals surface area contributed by atoms with Crippen LogP contribution in [-0.4, -0.2) is 12.5 Å². The first-order valence-electron chi connectivity index (χ1n) is 4.93. The second-order valence-electron chi connectivity index (χ2n) is 3.66. The van der Waals surface area contributed by atoms with Gasteiger partial charge in [0.15, 0.2) is 0 Å². The van der Waals surface area contributed by atoms with E-state index in [9.17, 15) is 4.79 Å². The predicted octanol–water partition coefficient (Wildman–Crippen LogP) is 1.56. The summed E-state index contributed by atoms with van der Waals surface area (Å²) in [6.45, 7) is 4.44. The molecule has 1 N–H and O–H groups in total. The highest BCUT2D eigenvalue weighted by Gasteiger charge is 2.28. The van der Waals surface area contributed by atoms with Crippen molar-refractivity contribution in [2.75, 3.05) is 6.54 Å². The van der Waals surface area contributed by atoms with Gasteiger partial charge in [0.2, 0.25) is 5.91 Å². The number of hydrogen-bond donors (Lipinski definition) is 1. The van der Waals surface area contributed by atoms with Crippen molar-refractivity contribution in [3.05, 3.63) is 0 Å². The van der Waals surface area contributed by atoms with Crippen molar-refractivity contribution in [2.24, 2.45) is 11.8 Å². The number of rotatable bonds is 2. The summed E-state index contributed by atoms with van der Waals surface area (Å²) in [6.07, 6.45) is 3.43. The molecular weight excluding hydrogens is 162 g/mol. The topological polar surface area (TPSA) is 29.1 Å². The van der Waals surface area contributed by atoms with Gasteiger partial charge < -0.3 is 5.32 Å². The van der Waals surface area contributed by atoms with E-state index in [2.05, 4.69) is 24.1 Å². The Kier molecular flexibility index (Phi) is 3.82. The van der Waals surface area contributed by atoms with E-state index in [1.54, 1.807) is 6.92 Å². The van der Waals surface area contributed by atoms with Crippen LogP contribution in [0.2, 0.25) is 0 Å². The number of carbonyl (C=O) groups excluding carboxylic acids is 1. The van der Waals surface area contributed by atoms with Gasteiger partial charge in [0, 0.05) is 5.92 Å². The lowest BCUT2D eigenvalue weighted by Crippen LogP contribution is -2.32. The van der Waals surface area contributed by atoms with Crippen LogP contribution in [0.3, 0.4) is 0 Å². The third-order valence-electron chi connectivity index (χ3n) is 2.73. The van der Waals surface area contributed by atoms with Crippen LogP contribution in [0, 0.1) is 23.7 Å². The van der Waals surface area contributed by atoms with Crippen LogP contribution in [0.4, 0.5) is 0 Å². The lowest BCUT2D eigenvalue weighted by molar-refractivity contribution is -0.125. The molecule has 0 saturated heterocycles. The third-order valence-corrected chi connectivity index (χ3v) is 2.73. The SMILES string of the molecule is CC#CCNC(=O)C1CCCC1C. The Hall–Kier alpha value is -0.970. The van der Waals surface area contributed by atoms with Gasteiger partial charge >= 0.3 is 0 Å². The van der Waals surface area contributed by atoms with Gasteiger partial charge in [-0.1, -0.05) is 19.3 Å². The molecule has 1 fully saturated rings. The minimum Gasteiger partial charge on any atom is -0.345 e. The fourth-order valence-corrected chi connectivity index (χ4v) is 1.89. The van der Waals surface area contributed by atoms with E-state index in [-0.39, 0.29) is 11.8 Å². The second-order valence-corrected chi connectivity index (χ2v) is 3.66. The first-order chi connectivity index (χ1) is 6.25. The second kappa shape index (κ2) is 4.91. The molecule has 1 rings (SSSR count). The highest BCUT2D eigenvalue weighted by molar-refractivity contribution is 5.79. The maximum atomic E-state index is 11.6. The molecule has 1 aliphatic rings. The summed E-state index contributed by atoms with van der Waals surface area (Å²) in [5.41, 5.74) is 0. The molecule has 0 heterocycles. The van der Waals surface area contributed by atoms with Crippen LogP contribution in [0.15, 0.2) is 0 Å². The van der Waals surface area contributed by atoms with Crippen molar-refractivity contribution in [3.63, 3.8) is 0 Å². The molecule has 1 aliphatic carbocycles. The number of carbonyl (C=O) groups is 1. The van der Waals surface area contributed by atoms with Gasteiger partial charge in [-0.15, -0.1) is 5.92 Å². The molecule has 0 aliphatic heterocycles. The molecule has 2 unspecified atom stereocenters. The molecule has 0 aromatic rings. The molecule has 1 saturated carbocycles. The molecule has 1 amide bonds. The Morgan fingerprint density at radius 1 is 1.54 bits per heavy atom. The molecular formula is C11H17NO. The summed E-state index contributed by atoms with van der Waals surface area (Å²) in [6, 6.07) is 0. The van der Waals surface area contributed by atoms with Crippen molar-refractivity contribution in [1.82, 2.24) is 5.32 Å². The lowest BCUT2D eigenvalue weighted by atomic mass is 9.97. The van der Waals surface area contributed by atoms with Gasteiger partial charge in [-0.05, 0) is 25.7 Å². The van der Waals surface area contributed by atoms with E-state index < -0.39 is 0 Å². The van der Waals surface area contributed by atoms with Gasteiger partial charge in [0.1, 0.15) is 0 Å². The van der Waals surface area contributed by atoms with Gasteiger partial charge in [-0.3, -0.25) is 4.79 Å². The van der Waals surface area contributed by atoms with Crippen LogP contribution in [0.1, 0.15) is 33.1 Å². The lowest BCUT2D eigenvalue weighted by Gasteiger charge is -2.13. The van der Waals surface area contributed by atoms with Crippen LogP contribution in [0.25, 0.3) is 0 Å². The van der Waals surface area contributed by atoms with E-state index in [0.29, 0.717) is 12.5 Å². The minimum atomic E-state index is 0.188. The van der Waals surface area contributed by atoms with Gasteiger partial charge in [0.05, 0.1) is 6.54 Å². The number of nitrogens with one attached hydrogen (secondary N) is 1. The summed E-state index contributed by atoms with van der Waals surface area (Å²) >= 11 is 0.